The lowest BCUT2D eigenvalue weighted by Gasteiger charge is -2.15. The average molecular weight is 406 g/mol. The van der Waals surface area contributed by atoms with Crippen LogP contribution in [0.25, 0.3) is 0 Å². The summed E-state index contributed by atoms with van der Waals surface area (Å²) in [6, 6.07) is 0.983. The van der Waals surface area contributed by atoms with Crippen molar-refractivity contribution in [1.29, 1.82) is 0 Å². The molecule has 0 aliphatic carbocycles. The van der Waals surface area contributed by atoms with Gasteiger partial charge in [0, 0.05) is 14.7 Å². The van der Waals surface area contributed by atoms with Crippen LogP contribution >= 0.6 is 22.6 Å². The second kappa shape index (κ2) is 6.13. The van der Waals surface area contributed by atoms with Crippen molar-refractivity contribution in [3.05, 3.63) is 15.0 Å². The van der Waals surface area contributed by atoms with Gasteiger partial charge in [0.15, 0.2) is 5.69 Å². The number of nitrogens with zero attached hydrogens (tertiary/aromatic N) is 2. The third-order valence-electron chi connectivity index (χ3n) is 2.61. The van der Waals surface area contributed by atoms with Gasteiger partial charge in [0.05, 0.1) is 9.26 Å². The van der Waals surface area contributed by atoms with Crippen molar-refractivity contribution in [2.75, 3.05) is 6.61 Å². The quantitative estimate of drug-likeness (QED) is 0.418. The molecule has 0 bridgehead atoms. The Morgan fingerprint density at radius 2 is 1.89 bits per heavy atom. The number of halogens is 4. The standard InChI is InChI=1S/C11H18F3IN2OSi/c1-8-9(15)10(11(12,13)14)16-17(8)7-18-5-6-19(2,3)4/h5-7H2,1-4H3. The van der Waals surface area contributed by atoms with E-state index >= 15 is 0 Å². The minimum Gasteiger partial charge on any atom is -0.360 e. The van der Waals surface area contributed by atoms with Crippen molar-refractivity contribution in [2.24, 2.45) is 0 Å². The Labute approximate surface area is 125 Å². The van der Waals surface area contributed by atoms with Gasteiger partial charge in [-0.1, -0.05) is 19.6 Å². The summed E-state index contributed by atoms with van der Waals surface area (Å²) in [5.41, 5.74) is -0.347. The number of aromatic nitrogens is 2. The Hall–Kier alpha value is -0.0931. The van der Waals surface area contributed by atoms with Crippen LogP contribution in [-0.4, -0.2) is 24.5 Å². The van der Waals surface area contributed by atoms with E-state index in [1.54, 1.807) is 29.5 Å². The lowest BCUT2D eigenvalue weighted by atomic mass is 10.4. The predicted octanol–water partition coefficient (Wildman–Crippen LogP) is 4.13. The summed E-state index contributed by atoms with van der Waals surface area (Å²) < 4.78 is 44.8. The minimum atomic E-state index is -4.41. The van der Waals surface area contributed by atoms with Crippen LogP contribution < -0.4 is 0 Å². The molecule has 0 aliphatic heterocycles. The molecule has 3 nitrogen and oxygen atoms in total. The molecule has 1 aromatic heterocycles. The minimum absolute atomic E-state index is 0.0718. The average Bonchev–Trinajstić information content (AvgIpc) is 2.50. The van der Waals surface area contributed by atoms with Gasteiger partial charge in [-0.2, -0.15) is 18.3 Å². The summed E-state index contributed by atoms with van der Waals surface area (Å²) in [5.74, 6) is 0. The first-order valence-corrected chi connectivity index (χ1v) is 10.7. The topological polar surface area (TPSA) is 27.1 Å². The maximum absolute atomic E-state index is 12.7. The highest BCUT2D eigenvalue weighted by Crippen LogP contribution is 2.33. The van der Waals surface area contributed by atoms with Crippen LogP contribution in [0.15, 0.2) is 0 Å². The van der Waals surface area contributed by atoms with Crippen molar-refractivity contribution in [2.45, 2.75) is 45.5 Å². The summed E-state index contributed by atoms with van der Waals surface area (Å²) >= 11 is 1.67. The van der Waals surface area contributed by atoms with Gasteiger partial charge in [-0.3, -0.25) is 0 Å². The zero-order chi connectivity index (χ0) is 14.8. The fraction of sp³-hybridized carbons (Fsp3) is 0.727. The van der Waals surface area contributed by atoms with E-state index in [4.69, 9.17) is 4.74 Å². The van der Waals surface area contributed by atoms with E-state index < -0.39 is 19.9 Å². The first-order chi connectivity index (χ1) is 8.52. The highest BCUT2D eigenvalue weighted by Gasteiger charge is 2.37. The second-order valence-electron chi connectivity index (χ2n) is 5.59. The fourth-order valence-electron chi connectivity index (χ4n) is 1.36. The van der Waals surface area contributed by atoms with E-state index in [1.165, 1.54) is 4.68 Å². The molecule has 0 unspecified atom stereocenters. The van der Waals surface area contributed by atoms with Crippen LogP contribution in [0.3, 0.4) is 0 Å². The monoisotopic (exact) mass is 406 g/mol. The molecule has 0 atom stereocenters. The zero-order valence-corrected chi connectivity index (χ0v) is 14.6. The van der Waals surface area contributed by atoms with Gasteiger partial charge in [0.1, 0.15) is 6.73 Å². The number of alkyl halides is 3. The molecule has 8 heteroatoms. The largest absolute Gasteiger partial charge is 0.436 e. The lowest BCUT2D eigenvalue weighted by Crippen LogP contribution is -2.22. The third-order valence-corrected chi connectivity index (χ3v) is 5.61. The number of hydrogen-bond donors (Lipinski definition) is 0. The van der Waals surface area contributed by atoms with Crippen molar-refractivity contribution < 1.29 is 17.9 Å². The van der Waals surface area contributed by atoms with Crippen LogP contribution in [-0.2, 0) is 17.6 Å². The number of rotatable bonds is 5. The second-order valence-corrected chi connectivity index (χ2v) is 12.3. The van der Waals surface area contributed by atoms with Gasteiger partial charge in [-0.15, -0.1) is 0 Å². The Morgan fingerprint density at radius 1 is 1.32 bits per heavy atom. The Balaban J connectivity index is 2.65. The summed E-state index contributed by atoms with van der Waals surface area (Å²) in [7, 11) is -1.18. The van der Waals surface area contributed by atoms with Crippen molar-refractivity contribution in [3.63, 3.8) is 0 Å². The molecule has 0 saturated heterocycles. The van der Waals surface area contributed by atoms with E-state index in [0.717, 1.165) is 6.04 Å². The van der Waals surface area contributed by atoms with Crippen molar-refractivity contribution >= 4 is 30.7 Å². The fourth-order valence-corrected chi connectivity index (χ4v) is 2.81. The van der Waals surface area contributed by atoms with Crippen molar-refractivity contribution in [3.8, 4) is 0 Å². The first kappa shape index (κ1) is 17.0. The highest BCUT2D eigenvalue weighted by molar-refractivity contribution is 14.1. The molecule has 1 aromatic rings. The maximum atomic E-state index is 12.7. The van der Waals surface area contributed by atoms with Gasteiger partial charge < -0.3 is 4.74 Å². The summed E-state index contributed by atoms with van der Waals surface area (Å²) in [5, 5.41) is 3.59. The van der Waals surface area contributed by atoms with E-state index in [9.17, 15) is 13.2 Å². The molecule has 19 heavy (non-hydrogen) atoms. The van der Waals surface area contributed by atoms with Crippen LogP contribution in [0, 0.1) is 10.5 Å². The van der Waals surface area contributed by atoms with Gasteiger partial charge in [-0.05, 0) is 35.6 Å². The molecule has 0 amide bonds. The molecule has 0 aromatic carbocycles. The molecule has 1 heterocycles. The van der Waals surface area contributed by atoms with Gasteiger partial charge in [-0.25, -0.2) is 4.68 Å². The molecular weight excluding hydrogens is 388 g/mol. The van der Waals surface area contributed by atoms with Crippen LogP contribution in [0.2, 0.25) is 25.7 Å². The Kier molecular flexibility index (Phi) is 5.47. The smallest absolute Gasteiger partial charge is 0.360 e. The van der Waals surface area contributed by atoms with Gasteiger partial charge in [0.2, 0.25) is 0 Å². The van der Waals surface area contributed by atoms with E-state index in [-0.39, 0.29) is 10.3 Å². The predicted molar refractivity (Wildman–Crippen MR) is 78.8 cm³/mol. The summed E-state index contributed by atoms with van der Waals surface area (Å²) in [4.78, 5) is 0. The van der Waals surface area contributed by atoms with Crippen LogP contribution in [0.4, 0.5) is 13.2 Å². The summed E-state index contributed by atoms with van der Waals surface area (Å²) in [6.45, 7) is 8.92. The Morgan fingerprint density at radius 3 is 2.32 bits per heavy atom. The highest BCUT2D eigenvalue weighted by atomic mass is 127. The van der Waals surface area contributed by atoms with Gasteiger partial charge in [0.25, 0.3) is 0 Å². The molecule has 0 radical (unpaired) electrons. The summed E-state index contributed by atoms with van der Waals surface area (Å²) in [6.07, 6.45) is -4.41. The van der Waals surface area contributed by atoms with Crippen LogP contribution in [0.1, 0.15) is 11.4 Å². The van der Waals surface area contributed by atoms with E-state index in [2.05, 4.69) is 24.7 Å². The van der Waals surface area contributed by atoms with E-state index in [1.807, 2.05) is 0 Å². The maximum Gasteiger partial charge on any atom is 0.436 e. The number of hydrogen-bond acceptors (Lipinski definition) is 2. The van der Waals surface area contributed by atoms with E-state index in [0.29, 0.717) is 12.3 Å². The molecule has 0 saturated carbocycles. The van der Waals surface area contributed by atoms with Crippen LogP contribution in [0.5, 0.6) is 0 Å². The molecule has 0 N–H and O–H groups in total. The Bertz CT molecular complexity index is 440. The first-order valence-electron chi connectivity index (χ1n) is 5.90. The molecule has 0 fully saturated rings. The third kappa shape index (κ3) is 5.07. The molecule has 0 aliphatic rings. The molecule has 0 spiro atoms. The zero-order valence-electron chi connectivity index (χ0n) is 11.4. The molecule has 1 rings (SSSR count). The van der Waals surface area contributed by atoms with Gasteiger partial charge >= 0.3 is 6.18 Å². The lowest BCUT2D eigenvalue weighted by molar-refractivity contribution is -0.142. The number of ether oxygens (including phenoxy) is 1. The molecular formula is C11H18F3IN2OSi. The van der Waals surface area contributed by atoms with Crippen molar-refractivity contribution in [1.82, 2.24) is 9.78 Å². The SMILES string of the molecule is Cc1c(I)c(C(F)(F)F)nn1COCC[Si](C)(C)C. The normalized spacial score (nSPS) is 13.1. The molecule has 110 valence electrons.